The van der Waals surface area contributed by atoms with Crippen molar-refractivity contribution < 1.29 is 4.79 Å². The monoisotopic (exact) mass is 213 g/mol. The Morgan fingerprint density at radius 3 is 2.67 bits per heavy atom. The zero-order valence-electron chi connectivity index (χ0n) is 8.74. The minimum Gasteiger partial charge on any atom is -0.369 e. The molecule has 8 heteroatoms. The number of guanidine groups is 1. The molecule has 0 unspecified atom stereocenters. The van der Waals surface area contributed by atoms with Crippen LogP contribution >= 0.6 is 0 Å². The molecule has 2 amide bonds. The van der Waals surface area contributed by atoms with Crippen molar-refractivity contribution in [3.8, 4) is 6.19 Å². The molecule has 0 aromatic carbocycles. The summed E-state index contributed by atoms with van der Waals surface area (Å²) in [5.41, 5.74) is 5.48. The van der Waals surface area contributed by atoms with Gasteiger partial charge in [0.2, 0.25) is 12.2 Å². The maximum Gasteiger partial charge on any atom is 0.315 e. The van der Waals surface area contributed by atoms with Crippen LogP contribution in [0.3, 0.4) is 0 Å². The molecule has 0 aromatic rings. The van der Waals surface area contributed by atoms with E-state index in [1.54, 1.807) is 13.2 Å². The summed E-state index contributed by atoms with van der Waals surface area (Å²) in [6.45, 7) is 0.540. The fourth-order valence-electron chi connectivity index (χ4n) is 0.786. The van der Waals surface area contributed by atoms with Gasteiger partial charge in [0.15, 0.2) is 0 Å². The molecular formula is C7H15N7O. The van der Waals surface area contributed by atoms with Crippen molar-refractivity contribution in [3.05, 3.63) is 0 Å². The molecule has 0 heterocycles. The average molecular weight is 213 g/mol. The molecule has 8 nitrogen and oxygen atoms in total. The van der Waals surface area contributed by atoms with Gasteiger partial charge in [-0.3, -0.25) is 0 Å². The maximum atomic E-state index is 10.9. The number of hydrogen-bond acceptors (Lipinski definition) is 4. The average Bonchev–Trinajstić information content (AvgIpc) is 2.23. The minimum absolute atomic E-state index is 0.0447. The number of hydrogen-bond donors (Lipinski definition) is 4. The van der Waals surface area contributed by atoms with E-state index in [0.717, 1.165) is 0 Å². The van der Waals surface area contributed by atoms with Crippen LogP contribution in [0.15, 0.2) is 4.99 Å². The highest BCUT2D eigenvalue weighted by Crippen LogP contribution is 1.83. The van der Waals surface area contributed by atoms with Gasteiger partial charge >= 0.3 is 6.03 Å². The lowest BCUT2D eigenvalue weighted by molar-refractivity contribution is 0.236. The predicted molar refractivity (Wildman–Crippen MR) is 55.5 cm³/mol. The molecule has 84 valence electrons. The SMILES string of the molecule is CNCN(CNC(=O)NC)C(N)=NC#N. The van der Waals surface area contributed by atoms with Crippen molar-refractivity contribution in [2.75, 3.05) is 27.4 Å². The lowest BCUT2D eigenvalue weighted by atomic mass is 10.7. The lowest BCUT2D eigenvalue weighted by Gasteiger charge is -2.22. The van der Waals surface area contributed by atoms with Gasteiger partial charge in [-0.25, -0.2) is 4.79 Å². The summed E-state index contributed by atoms with van der Waals surface area (Å²) in [5, 5.41) is 16.1. The molecule has 0 radical (unpaired) electrons. The van der Waals surface area contributed by atoms with Gasteiger partial charge in [-0.2, -0.15) is 5.26 Å². The number of amides is 2. The van der Waals surface area contributed by atoms with Crippen LogP contribution in [0.5, 0.6) is 0 Å². The first-order chi connectivity index (χ1) is 7.15. The number of rotatable bonds is 4. The van der Waals surface area contributed by atoms with Crippen molar-refractivity contribution in [1.82, 2.24) is 20.9 Å². The van der Waals surface area contributed by atoms with Gasteiger partial charge in [-0.1, -0.05) is 0 Å². The van der Waals surface area contributed by atoms with E-state index in [1.807, 2.05) is 0 Å². The Hall–Kier alpha value is -2.01. The fraction of sp³-hybridized carbons (Fsp3) is 0.571. The Bertz CT molecular complexity index is 269. The summed E-state index contributed by atoms with van der Waals surface area (Å²) >= 11 is 0. The molecule has 0 aromatic heterocycles. The van der Waals surface area contributed by atoms with Crippen molar-refractivity contribution in [1.29, 1.82) is 5.26 Å². The zero-order valence-corrected chi connectivity index (χ0v) is 8.74. The largest absolute Gasteiger partial charge is 0.369 e. The van der Waals surface area contributed by atoms with Gasteiger partial charge in [-0.05, 0) is 7.05 Å². The molecule has 0 saturated heterocycles. The van der Waals surface area contributed by atoms with Crippen LogP contribution in [0.2, 0.25) is 0 Å². The number of nitrogens with two attached hydrogens (primary N) is 1. The normalized spacial score (nSPS) is 10.3. The first kappa shape index (κ1) is 13.0. The van der Waals surface area contributed by atoms with E-state index in [-0.39, 0.29) is 18.7 Å². The van der Waals surface area contributed by atoms with Crippen LogP contribution in [-0.2, 0) is 0 Å². The summed E-state index contributed by atoms with van der Waals surface area (Å²) in [5.74, 6) is 0.0447. The van der Waals surface area contributed by atoms with Gasteiger partial charge in [0.25, 0.3) is 0 Å². The molecule has 0 bridgehead atoms. The molecule has 0 atom stereocenters. The predicted octanol–water partition coefficient (Wildman–Crippen LogP) is -1.85. The number of nitriles is 1. The van der Waals surface area contributed by atoms with Crippen LogP contribution in [0.4, 0.5) is 4.79 Å². The Labute approximate surface area is 88.1 Å². The Kier molecular flexibility index (Phi) is 6.41. The second-order valence-electron chi connectivity index (χ2n) is 2.54. The second kappa shape index (κ2) is 7.40. The summed E-state index contributed by atoms with van der Waals surface area (Å²) in [4.78, 5) is 15.7. The third-order valence-electron chi connectivity index (χ3n) is 1.50. The molecule has 15 heavy (non-hydrogen) atoms. The molecule has 5 N–H and O–H groups in total. The van der Waals surface area contributed by atoms with E-state index >= 15 is 0 Å². The minimum atomic E-state index is -0.333. The van der Waals surface area contributed by atoms with Gasteiger partial charge in [0.05, 0.1) is 13.3 Å². The lowest BCUT2D eigenvalue weighted by Crippen LogP contribution is -2.49. The third-order valence-corrected chi connectivity index (χ3v) is 1.50. The number of aliphatic imine (C=N–C) groups is 1. The van der Waals surface area contributed by atoms with Crippen molar-refractivity contribution >= 4 is 12.0 Å². The van der Waals surface area contributed by atoms with Crippen LogP contribution in [0, 0.1) is 11.5 Å². The van der Waals surface area contributed by atoms with E-state index in [4.69, 9.17) is 11.0 Å². The number of nitrogens with zero attached hydrogens (tertiary/aromatic N) is 3. The van der Waals surface area contributed by atoms with Crippen molar-refractivity contribution in [3.63, 3.8) is 0 Å². The van der Waals surface area contributed by atoms with Crippen LogP contribution in [0.25, 0.3) is 0 Å². The summed E-state index contributed by atoms with van der Waals surface area (Å²) in [7, 11) is 3.22. The zero-order chi connectivity index (χ0) is 11.7. The number of carbonyl (C=O) groups excluding carboxylic acids is 1. The molecule has 0 aliphatic rings. The maximum absolute atomic E-state index is 10.9. The van der Waals surface area contributed by atoms with E-state index in [9.17, 15) is 4.79 Å². The van der Waals surface area contributed by atoms with Crippen molar-refractivity contribution in [2.24, 2.45) is 10.7 Å². The van der Waals surface area contributed by atoms with Crippen LogP contribution < -0.4 is 21.7 Å². The molecule has 0 fully saturated rings. The van der Waals surface area contributed by atoms with Crippen LogP contribution in [-0.4, -0.2) is 44.3 Å². The topological polar surface area (TPSA) is 119 Å². The summed E-state index contributed by atoms with van der Waals surface area (Å²) in [6.07, 6.45) is 1.57. The third kappa shape index (κ3) is 5.33. The van der Waals surface area contributed by atoms with Crippen LogP contribution in [0.1, 0.15) is 0 Å². The second-order valence-corrected chi connectivity index (χ2v) is 2.54. The highest BCUT2D eigenvalue weighted by atomic mass is 16.2. The quantitative estimate of drug-likeness (QED) is 0.189. The number of urea groups is 1. The van der Waals surface area contributed by atoms with E-state index in [2.05, 4.69) is 20.9 Å². The highest BCUT2D eigenvalue weighted by molar-refractivity contribution is 5.79. The van der Waals surface area contributed by atoms with Gasteiger partial charge in [0.1, 0.15) is 0 Å². The molecular weight excluding hydrogens is 198 g/mol. The number of carbonyl (C=O) groups is 1. The molecule has 0 rings (SSSR count). The van der Waals surface area contributed by atoms with Gasteiger partial charge < -0.3 is 26.6 Å². The summed E-state index contributed by atoms with van der Waals surface area (Å²) in [6, 6.07) is -0.333. The molecule has 0 aliphatic heterocycles. The standard InChI is InChI=1S/C7H15N7O/c1-10-4-14(6(9)12-3-8)5-13-7(15)11-2/h10H,4-5H2,1-2H3,(H2,9,12)(H2,11,13,15). The first-order valence-electron chi connectivity index (χ1n) is 4.23. The number of nitrogens with one attached hydrogen (secondary N) is 3. The van der Waals surface area contributed by atoms with Crippen molar-refractivity contribution in [2.45, 2.75) is 0 Å². The van der Waals surface area contributed by atoms with E-state index in [0.29, 0.717) is 6.67 Å². The molecule has 0 aliphatic carbocycles. The molecule has 0 saturated carbocycles. The van der Waals surface area contributed by atoms with E-state index < -0.39 is 0 Å². The van der Waals surface area contributed by atoms with Gasteiger partial charge in [0, 0.05) is 7.05 Å². The Balaban J connectivity index is 4.22. The summed E-state index contributed by atoms with van der Waals surface area (Å²) < 4.78 is 0. The van der Waals surface area contributed by atoms with E-state index in [1.165, 1.54) is 11.9 Å². The first-order valence-corrected chi connectivity index (χ1v) is 4.23. The Morgan fingerprint density at radius 1 is 1.53 bits per heavy atom. The smallest absolute Gasteiger partial charge is 0.315 e. The fourth-order valence-corrected chi connectivity index (χ4v) is 0.786. The Morgan fingerprint density at radius 2 is 2.20 bits per heavy atom. The molecule has 0 spiro atoms. The highest BCUT2D eigenvalue weighted by Gasteiger charge is 2.07. The van der Waals surface area contributed by atoms with Gasteiger partial charge in [-0.15, -0.1) is 4.99 Å².